The topological polar surface area (TPSA) is 54.3 Å². The minimum Gasteiger partial charge on any atom is -0.346 e. The number of aryl methyl sites for hydroxylation is 3. The van der Waals surface area contributed by atoms with Gasteiger partial charge in [0.05, 0.1) is 5.69 Å². The number of rotatable bonds is 3. The van der Waals surface area contributed by atoms with E-state index in [0.717, 1.165) is 28.1 Å². The molecule has 2 aromatic rings. The number of benzene rings is 1. The van der Waals surface area contributed by atoms with Gasteiger partial charge in [-0.15, -0.1) is 0 Å². The van der Waals surface area contributed by atoms with E-state index in [4.69, 9.17) is 12.2 Å². The number of anilines is 1. The molecule has 0 radical (unpaired) electrons. The van der Waals surface area contributed by atoms with E-state index in [2.05, 4.69) is 29.8 Å². The summed E-state index contributed by atoms with van der Waals surface area (Å²) in [5.74, 6) is -0.839. The maximum Gasteiger partial charge on any atom is 0.270 e. The van der Waals surface area contributed by atoms with E-state index in [-0.39, 0.29) is 10.7 Å². The van der Waals surface area contributed by atoms with Crippen LogP contribution in [0, 0.1) is 27.7 Å². The van der Waals surface area contributed by atoms with Gasteiger partial charge in [0.25, 0.3) is 11.8 Å². The van der Waals surface area contributed by atoms with Crippen molar-refractivity contribution in [1.82, 2.24) is 9.88 Å². The van der Waals surface area contributed by atoms with E-state index in [0.29, 0.717) is 11.7 Å². The lowest BCUT2D eigenvalue weighted by molar-refractivity contribution is -0.122. The van der Waals surface area contributed by atoms with E-state index in [1.807, 2.05) is 32.0 Å². The number of hydrogen-bond donors (Lipinski definition) is 1. The van der Waals surface area contributed by atoms with Gasteiger partial charge in [-0.05, 0) is 93.7 Å². The van der Waals surface area contributed by atoms with Gasteiger partial charge in [0.15, 0.2) is 5.11 Å². The van der Waals surface area contributed by atoms with Crippen molar-refractivity contribution < 1.29 is 9.59 Å². The van der Waals surface area contributed by atoms with Crippen molar-refractivity contribution in [2.45, 2.75) is 59.4 Å². The van der Waals surface area contributed by atoms with Crippen LogP contribution >= 0.6 is 12.2 Å². The van der Waals surface area contributed by atoms with E-state index in [1.54, 1.807) is 6.08 Å². The number of hydrogen-bond acceptors (Lipinski definition) is 3. The maximum absolute atomic E-state index is 13.3. The van der Waals surface area contributed by atoms with Crippen LogP contribution in [0.3, 0.4) is 0 Å². The molecule has 30 heavy (non-hydrogen) atoms. The summed E-state index contributed by atoms with van der Waals surface area (Å²) < 4.78 is 2.36. The highest BCUT2D eigenvalue weighted by Gasteiger charge is 2.35. The molecule has 1 N–H and O–H groups in total. The third-order valence-corrected chi connectivity index (χ3v) is 6.65. The molecule has 0 atom stereocenters. The van der Waals surface area contributed by atoms with Crippen molar-refractivity contribution in [2.24, 2.45) is 0 Å². The van der Waals surface area contributed by atoms with Crippen molar-refractivity contribution >= 4 is 40.9 Å². The van der Waals surface area contributed by atoms with Gasteiger partial charge in [-0.2, -0.15) is 0 Å². The van der Waals surface area contributed by atoms with E-state index in [9.17, 15) is 9.59 Å². The van der Waals surface area contributed by atoms with Crippen molar-refractivity contribution in [2.75, 3.05) is 4.90 Å². The van der Waals surface area contributed by atoms with Crippen LogP contribution in [0.5, 0.6) is 0 Å². The zero-order valence-corrected chi connectivity index (χ0v) is 18.7. The fourth-order valence-corrected chi connectivity index (χ4v) is 4.87. The summed E-state index contributed by atoms with van der Waals surface area (Å²) in [6, 6.07) is 8.30. The minimum atomic E-state index is -0.448. The van der Waals surface area contributed by atoms with Crippen LogP contribution in [0.1, 0.15) is 59.8 Å². The number of amides is 2. The Hall–Kier alpha value is -2.73. The lowest BCUT2D eigenvalue weighted by Crippen LogP contribution is -2.54. The molecule has 2 heterocycles. The number of aromatic nitrogens is 1. The van der Waals surface area contributed by atoms with E-state index < -0.39 is 11.8 Å². The molecule has 1 aliphatic carbocycles. The smallest absolute Gasteiger partial charge is 0.270 e. The molecule has 1 saturated heterocycles. The molecule has 2 amide bonds. The second kappa shape index (κ2) is 7.84. The average Bonchev–Trinajstić information content (AvgIpc) is 3.29. The summed E-state index contributed by atoms with van der Waals surface area (Å²) in [5, 5.41) is 2.79. The van der Waals surface area contributed by atoms with Crippen molar-refractivity contribution in [3.8, 4) is 0 Å². The molecule has 156 valence electrons. The molecular formula is C24H27N3O2S. The molecule has 1 aromatic heterocycles. The first-order valence-electron chi connectivity index (χ1n) is 10.4. The zero-order valence-electron chi connectivity index (χ0n) is 17.9. The van der Waals surface area contributed by atoms with Gasteiger partial charge in [0.2, 0.25) is 0 Å². The van der Waals surface area contributed by atoms with Crippen LogP contribution in [0.2, 0.25) is 0 Å². The van der Waals surface area contributed by atoms with Gasteiger partial charge in [-0.3, -0.25) is 19.8 Å². The Morgan fingerprint density at radius 1 is 1.03 bits per heavy atom. The zero-order chi connectivity index (χ0) is 21.6. The summed E-state index contributed by atoms with van der Waals surface area (Å²) in [4.78, 5) is 27.4. The summed E-state index contributed by atoms with van der Waals surface area (Å²) in [6.45, 7) is 8.16. The molecule has 1 saturated carbocycles. The Bertz CT molecular complexity index is 1090. The predicted molar refractivity (Wildman–Crippen MR) is 124 cm³/mol. The Labute approximate surface area is 182 Å². The molecule has 6 heteroatoms. The molecule has 0 unspecified atom stereocenters. The normalized spacial score (nSPS) is 19.1. The Morgan fingerprint density at radius 3 is 2.40 bits per heavy atom. The Morgan fingerprint density at radius 2 is 1.73 bits per heavy atom. The van der Waals surface area contributed by atoms with Crippen molar-refractivity contribution in [3.05, 3.63) is 57.9 Å². The van der Waals surface area contributed by atoms with Gasteiger partial charge in [-0.25, -0.2) is 0 Å². The van der Waals surface area contributed by atoms with Crippen LogP contribution in [0.25, 0.3) is 6.08 Å². The van der Waals surface area contributed by atoms with Crippen molar-refractivity contribution in [1.29, 1.82) is 0 Å². The number of nitrogens with one attached hydrogen (secondary N) is 1. The summed E-state index contributed by atoms with van der Waals surface area (Å²) in [5.41, 5.74) is 6.13. The lowest BCUT2D eigenvalue weighted by atomic mass is 10.1. The van der Waals surface area contributed by atoms with Gasteiger partial charge >= 0.3 is 0 Å². The maximum atomic E-state index is 13.3. The third-order valence-electron chi connectivity index (χ3n) is 6.36. The van der Waals surface area contributed by atoms with Gasteiger partial charge < -0.3 is 4.57 Å². The van der Waals surface area contributed by atoms with Crippen LogP contribution < -0.4 is 10.2 Å². The average molecular weight is 422 g/mol. The minimum absolute atomic E-state index is 0.105. The fraction of sp³-hybridized carbons (Fsp3) is 0.375. The molecule has 4 rings (SSSR count). The molecule has 0 bridgehead atoms. The molecule has 2 aliphatic rings. The second-order valence-corrected chi connectivity index (χ2v) is 8.75. The molecule has 5 nitrogen and oxygen atoms in total. The van der Waals surface area contributed by atoms with Crippen LogP contribution in [0.15, 0.2) is 29.8 Å². The molecular weight excluding hydrogens is 394 g/mol. The fourth-order valence-electron chi connectivity index (χ4n) is 4.59. The molecule has 1 aliphatic heterocycles. The van der Waals surface area contributed by atoms with Gasteiger partial charge in [0.1, 0.15) is 5.57 Å². The highest BCUT2D eigenvalue weighted by atomic mass is 32.1. The van der Waals surface area contributed by atoms with Crippen LogP contribution in [0.4, 0.5) is 5.69 Å². The molecule has 0 spiro atoms. The van der Waals surface area contributed by atoms with Crippen LogP contribution in [-0.2, 0) is 9.59 Å². The Balaban J connectivity index is 1.73. The summed E-state index contributed by atoms with van der Waals surface area (Å²) >= 11 is 5.32. The van der Waals surface area contributed by atoms with Crippen LogP contribution in [-0.4, -0.2) is 21.5 Å². The number of nitrogens with zero attached hydrogens (tertiary/aromatic N) is 2. The van der Waals surface area contributed by atoms with Crippen molar-refractivity contribution in [3.63, 3.8) is 0 Å². The number of thiocarbonyl (C=S) groups is 1. The van der Waals surface area contributed by atoms with E-state index in [1.165, 1.54) is 30.6 Å². The standard InChI is InChI=1S/C24H27N3O2S/c1-14-9-10-20(11-15(14)2)27-23(29)21(22(28)25-24(27)30)13-18-12-16(3)26(17(18)4)19-7-5-6-8-19/h9-13,19H,5-8H2,1-4H3,(H,25,28,30)/b21-13+. The largest absolute Gasteiger partial charge is 0.346 e. The highest BCUT2D eigenvalue weighted by Crippen LogP contribution is 2.34. The quantitative estimate of drug-likeness (QED) is 0.445. The first-order valence-corrected chi connectivity index (χ1v) is 10.9. The molecule has 2 fully saturated rings. The highest BCUT2D eigenvalue weighted by molar-refractivity contribution is 7.80. The lowest BCUT2D eigenvalue weighted by Gasteiger charge is -2.29. The second-order valence-electron chi connectivity index (χ2n) is 8.36. The summed E-state index contributed by atoms with van der Waals surface area (Å²) in [6.07, 6.45) is 6.57. The third kappa shape index (κ3) is 3.49. The first kappa shape index (κ1) is 20.5. The van der Waals surface area contributed by atoms with Gasteiger partial charge in [0, 0.05) is 17.4 Å². The summed E-state index contributed by atoms with van der Waals surface area (Å²) in [7, 11) is 0. The first-order chi connectivity index (χ1) is 14.3. The van der Waals surface area contributed by atoms with E-state index >= 15 is 0 Å². The number of carbonyl (C=O) groups is 2. The molecule has 1 aromatic carbocycles. The number of carbonyl (C=O) groups excluding carboxylic acids is 2. The predicted octanol–water partition coefficient (Wildman–Crippen LogP) is 4.67. The van der Waals surface area contributed by atoms with Gasteiger partial charge in [-0.1, -0.05) is 18.9 Å². The monoisotopic (exact) mass is 421 g/mol. The Kier molecular flexibility index (Phi) is 5.36. The SMILES string of the molecule is Cc1ccc(N2C(=O)/C(=C/c3cc(C)n(C4CCCC4)c3C)C(=O)NC2=S)cc1C.